The van der Waals surface area contributed by atoms with E-state index in [9.17, 15) is 14.4 Å². The van der Waals surface area contributed by atoms with Crippen LogP contribution in [0.5, 0.6) is 0 Å². The quantitative estimate of drug-likeness (QED) is 0.508. The number of imide groups is 1. The summed E-state index contributed by atoms with van der Waals surface area (Å²) in [7, 11) is 0. The summed E-state index contributed by atoms with van der Waals surface area (Å²) in [6, 6.07) is -0.601. The van der Waals surface area contributed by atoms with Crippen molar-refractivity contribution in [3.8, 4) is 0 Å². The molecule has 1 aliphatic rings. The van der Waals surface area contributed by atoms with E-state index in [-0.39, 0.29) is 41.6 Å². The Hall–Kier alpha value is -2.75. The Kier molecular flexibility index (Phi) is 6.84. The SMILES string of the molecule is C=CCNC(=O)CSc1nnc(CC2C(=O)N(CC=C)C(=O)N=C2C)o1. The van der Waals surface area contributed by atoms with Crippen molar-refractivity contribution in [3.63, 3.8) is 0 Å². The molecule has 9 nitrogen and oxygen atoms in total. The van der Waals surface area contributed by atoms with Crippen LogP contribution < -0.4 is 5.32 Å². The van der Waals surface area contributed by atoms with E-state index in [4.69, 9.17) is 4.42 Å². The van der Waals surface area contributed by atoms with Gasteiger partial charge in [-0.15, -0.1) is 23.4 Å². The second kappa shape index (κ2) is 9.09. The third-order valence-electron chi connectivity index (χ3n) is 3.48. The first-order valence-corrected chi connectivity index (χ1v) is 8.79. The fourth-order valence-corrected chi connectivity index (χ4v) is 2.81. The van der Waals surface area contributed by atoms with Crippen molar-refractivity contribution in [1.82, 2.24) is 20.4 Å². The van der Waals surface area contributed by atoms with Crippen molar-refractivity contribution < 1.29 is 18.8 Å². The van der Waals surface area contributed by atoms with E-state index in [0.29, 0.717) is 12.3 Å². The van der Waals surface area contributed by atoms with Crippen molar-refractivity contribution in [2.45, 2.75) is 18.6 Å². The second-order valence-electron chi connectivity index (χ2n) is 5.37. The van der Waals surface area contributed by atoms with Crippen molar-refractivity contribution in [2.75, 3.05) is 18.8 Å². The molecule has 2 rings (SSSR count). The number of carbonyl (C=O) groups excluding carboxylic acids is 3. The van der Waals surface area contributed by atoms with Crippen molar-refractivity contribution in [2.24, 2.45) is 10.9 Å². The van der Waals surface area contributed by atoms with Gasteiger partial charge < -0.3 is 9.73 Å². The molecule has 2 heterocycles. The molecule has 0 saturated carbocycles. The van der Waals surface area contributed by atoms with Gasteiger partial charge in [0.2, 0.25) is 17.7 Å². The molecule has 0 spiro atoms. The molecule has 4 amide bonds. The van der Waals surface area contributed by atoms with E-state index >= 15 is 0 Å². The number of aromatic nitrogens is 2. The van der Waals surface area contributed by atoms with Crippen LogP contribution in [0.3, 0.4) is 0 Å². The van der Waals surface area contributed by atoms with Crippen molar-refractivity contribution >= 4 is 35.3 Å². The summed E-state index contributed by atoms with van der Waals surface area (Å²) < 4.78 is 5.47. The first-order chi connectivity index (χ1) is 12.5. The van der Waals surface area contributed by atoms with Crippen LogP contribution in [-0.2, 0) is 16.0 Å². The number of thioether (sulfide) groups is 1. The van der Waals surface area contributed by atoms with Crippen LogP contribution in [0, 0.1) is 5.92 Å². The molecule has 0 aliphatic carbocycles. The molecule has 1 unspecified atom stereocenters. The van der Waals surface area contributed by atoms with Gasteiger partial charge in [0.1, 0.15) is 0 Å². The maximum Gasteiger partial charge on any atom is 0.350 e. The zero-order valence-electron chi connectivity index (χ0n) is 14.3. The number of hydrogen-bond donors (Lipinski definition) is 1. The molecule has 26 heavy (non-hydrogen) atoms. The molecule has 0 radical (unpaired) electrons. The van der Waals surface area contributed by atoms with Gasteiger partial charge in [-0.3, -0.25) is 14.5 Å². The Bertz CT molecular complexity index is 758. The predicted molar refractivity (Wildman–Crippen MR) is 95.8 cm³/mol. The number of carbonyl (C=O) groups is 3. The highest BCUT2D eigenvalue weighted by Crippen LogP contribution is 2.21. The maximum absolute atomic E-state index is 12.5. The van der Waals surface area contributed by atoms with Gasteiger partial charge in [0.05, 0.1) is 11.7 Å². The Morgan fingerprint density at radius 1 is 1.35 bits per heavy atom. The molecule has 1 atom stereocenters. The lowest BCUT2D eigenvalue weighted by atomic mass is 9.97. The van der Waals surface area contributed by atoms with E-state index in [2.05, 4.69) is 33.7 Å². The number of nitrogens with one attached hydrogen (secondary N) is 1. The van der Waals surface area contributed by atoms with Gasteiger partial charge in [-0.25, -0.2) is 9.79 Å². The third kappa shape index (κ3) is 4.88. The largest absolute Gasteiger partial charge is 0.416 e. The van der Waals surface area contributed by atoms with Crippen molar-refractivity contribution in [1.29, 1.82) is 0 Å². The Morgan fingerprint density at radius 3 is 2.81 bits per heavy atom. The highest BCUT2D eigenvalue weighted by atomic mass is 32.2. The molecule has 10 heteroatoms. The third-order valence-corrected chi connectivity index (χ3v) is 4.30. The Morgan fingerprint density at radius 2 is 2.12 bits per heavy atom. The van der Waals surface area contributed by atoms with Crippen LogP contribution in [0.25, 0.3) is 0 Å². The van der Waals surface area contributed by atoms with E-state index in [1.54, 1.807) is 13.0 Å². The highest BCUT2D eigenvalue weighted by molar-refractivity contribution is 7.99. The monoisotopic (exact) mass is 377 g/mol. The molecule has 1 aromatic rings. The van der Waals surface area contributed by atoms with Crippen LogP contribution in [0.4, 0.5) is 4.79 Å². The summed E-state index contributed by atoms with van der Waals surface area (Å²) in [6.07, 6.45) is 3.17. The summed E-state index contributed by atoms with van der Waals surface area (Å²) in [5, 5.41) is 10.6. The summed E-state index contributed by atoms with van der Waals surface area (Å²) >= 11 is 1.09. The zero-order chi connectivity index (χ0) is 19.1. The molecule has 138 valence electrons. The van der Waals surface area contributed by atoms with Crippen LogP contribution in [-0.4, -0.2) is 57.5 Å². The summed E-state index contributed by atoms with van der Waals surface area (Å²) in [5.74, 6) is -0.848. The minimum absolute atomic E-state index is 0.0930. The van der Waals surface area contributed by atoms with Gasteiger partial charge in [0, 0.05) is 25.2 Å². The van der Waals surface area contributed by atoms with Gasteiger partial charge >= 0.3 is 6.03 Å². The second-order valence-corrected chi connectivity index (χ2v) is 6.30. The average molecular weight is 377 g/mol. The van der Waals surface area contributed by atoms with Gasteiger partial charge in [-0.2, -0.15) is 0 Å². The van der Waals surface area contributed by atoms with Crippen LogP contribution >= 0.6 is 11.8 Å². The topological polar surface area (TPSA) is 118 Å². The van der Waals surface area contributed by atoms with Crippen LogP contribution in [0.1, 0.15) is 12.8 Å². The highest BCUT2D eigenvalue weighted by Gasteiger charge is 2.36. The summed E-state index contributed by atoms with van der Waals surface area (Å²) in [6.45, 7) is 9.14. The average Bonchev–Trinajstić information content (AvgIpc) is 3.06. The number of rotatable bonds is 9. The summed E-state index contributed by atoms with van der Waals surface area (Å²) in [5.41, 5.74) is 0.400. The number of nitrogens with zero attached hydrogens (tertiary/aromatic N) is 4. The van der Waals surface area contributed by atoms with E-state index < -0.39 is 11.9 Å². The van der Waals surface area contributed by atoms with Crippen LogP contribution in [0.15, 0.2) is 39.9 Å². The number of urea groups is 1. The summed E-state index contributed by atoms with van der Waals surface area (Å²) in [4.78, 5) is 40.7. The molecule has 0 fully saturated rings. The first kappa shape index (κ1) is 19.6. The molecule has 0 aromatic carbocycles. The molecular formula is C16H19N5O4S. The Labute approximate surface area is 154 Å². The lowest BCUT2D eigenvalue weighted by Crippen LogP contribution is -2.46. The molecule has 1 N–H and O–H groups in total. The molecule has 1 aromatic heterocycles. The first-order valence-electron chi connectivity index (χ1n) is 7.80. The maximum atomic E-state index is 12.5. The zero-order valence-corrected chi connectivity index (χ0v) is 15.1. The number of hydrogen-bond acceptors (Lipinski definition) is 7. The molecule has 0 saturated heterocycles. The van der Waals surface area contributed by atoms with E-state index in [1.165, 1.54) is 6.08 Å². The van der Waals surface area contributed by atoms with E-state index in [1.807, 2.05) is 0 Å². The minimum atomic E-state index is -0.651. The standard InChI is InChI=1S/C16H19N5O4S/c1-4-6-17-12(22)9-26-16-20-19-13(25-16)8-11-10(3)18-15(24)21(7-5-2)14(11)23/h4-5,11H,1-2,6-9H2,3H3,(H,17,22). The molecule has 1 aliphatic heterocycles. The van der Waals surface area contributed by atoms with Gasteiger partial charge in [0.15, 0.2) is 0 Å². The lowest BCUT2D eigenvalue weighted by Gasteiger charge is -2.27. The normalized spacial score (nSPS) is 17.0. The fourth-order valence-electron chi connectivity index (χ4n) is 2.20. The fraction of sp³-hybridized carbons (Fsp3) is 0.375. The smallest absolute Gasteiger partial charge is 0.350 e. The van der Waals surface area contributed by atoms with E-state index in [0.717, 1.165) is 16.7 Å². The molecular weight excluding hydrogens is 358 g/mol. The predicted octanol–water partition coefficient (Wildman–Crippen LogP) is 1.23. The van der Waals surface area contributed by atoms with Gasteiger partial charge in [-0.1, -0.05) is 23.9 Å². The Balaban J connectivity index is 1.99. The number of aliphatic imine (C=N–C) groups is 1. The molecule has 0 bridgehead atoms. The van der Waals surface area contributed by atoms with Crippen LogP contribution in [0.2, 0.25) is 0 Å². The van der Waals surface area contributed by atoms with Crippen molar-refractivity contribution in [3.05, 3.63) is 31.2 Å². The van der Waals surface area contributed by atoms with Gasteiger partial charge in [0.25, 0.3) is 5.22 Å². The lowest BCUT2D eigenvalue weighted by molar-refractivity contribution is -0.130. The minimum Gasteiger partial charge on any atom is -0.416 e. The number of amides is 4. The van der Waals surface area contributed by atoms with Gasteiger partial charge in [-0.05, 0) is 6.92 Å².